The number of fused-ring (bicyclic) bond motifs is 1. The molecule has 1 aromatic heterocycles. The minimum absolute atomic E-state index is 0.0697. The number of hydrogen-bond acceptors (Lipinski definition) is 5. The van der Waals surface area contributed by atoms with E-state index >= 15 is 0 Å². The molecule has 0 radical (unpaired) electrons. The number of aromatic nitrogens is 2. The monoisotopic (exact) mass is 418 g/mol. The van der Waals surface area contributed by atoms with E-state index < -0.39 is 0 Å². The Hall–Kier alpha value is -3.12. The molecule has 0 unspecified atom stereocenters. The molecule has 0 bridgehead atoms. The highest BCUT2D eigenvalue weighted by atomic mass is 16.5. The highest BCUT2D eigenvalue weighted by Crippen LogP contribution is 2.30. The third kappa shape index (κ3) is 4.49. The van der Waals surface area contributed by atoms with Crippen LogP contribution in [0.25, 0.3) is 0 Å². The number of benzene rings is 2. The van der Waals surface area contributed by atoms with Crippen LogP contribution in [0.15, 0.2) is 59.4 Å². The predicted molar refractivity (Wildman–Crippen MR) is 124 cm³/mol. The second-order valence-corrected chi connectivity index (χ2v) is 7.93. The molecule has 6 heteroatoms. The minimum Gasteiger partial charge on any atom is -0.457 e. The van der Waals surface area contributed by atoms with E-state index in [9.17, 15) is 4.79 Å². The van der Waals surface area contributed by atoms with E-state index in [1.807, 2.05) is 73.0 Å². The van der Waals surface area contributed by atoms with Crippen LogP contribution in [0, 0.1) is 6.92 Å². The van der Waals surface area contributed by atoms with E-state index in [0.29, 0.717) is 25.7 Å². The molecule has 2 heterocycles. The molecular formula is C25H30N4O2. The Morgan fingerprint density at radius 3 is 2.35 bits per heavy atom. The van der Waals surface area contributed by atoms with Crippen molar-refractivity contribution in [2.75, 3.05) is 18.1 Å². The molecule has 3 aromatic rings. The minimum atomic E-state index is 0.0697. The molecule has 31 heavy (non-hydrogen) atoms. The average molecular weight is 419 g/mol. The van der Waals surface area contributed by atoms with Crippen molar-refractivity contribution in [1.82, 2.24) is 14.5 Å². The van der Waals surface area contributed by atoms with Gasteiger partial charge in [0.15, 0.2) is 0 Å². The summed E-state index contributed by atoms with van der Waals surface area (Å²) in [4.78, 5) is 22.4. The van der Waals surface area contributed by atoms with E-state index in [4.69, 9.17) is 9.72 Å². The van der Waals surface area contributed by atoms with Crippen LogP contribution in [0.2, 0.25) is 0 Å². The molecule has 0 spiro atoms. The molecule has 0 amide bonds. The van der Waals surface area contributed by atoms with Crippen LogP contribution in [-0.4, -0.2) is 27.7 Å². The van der Waals surface area contributed by atoms with Gasteiger partial charge in [0.05, 0.1) is 13.3 Å². The number of unbranched alkanes of at least 4 members (excludes halogenated alkanes) is 1. The summed E-state index contributed by atoms with van der Waals surface area (Å²) in [6, 6.07) is 17.7. The summed E-state index contributed by atoms with van der Waals surface area (Å²) < 4.78 is 7.75. The largest absolute Gasteiger partial charge is 0.457 e. The summed E-state index contributed by atoms with van der Waals surface area (Å²) in [5, 5.41) is 0. The standard InChI is InChI=1S/C25H30N4O2/c1-4-6-16-27-17-28(25-26-19(3)23(5-2)24(30)29(25)18-27)20-12-14-22(15-13-20)31-21-10-8-7-9-11-21/h7-15H,4-6,16-18H2,1-3H3. The maximum atomic E-state index is 13.2. The summed E-state index contributed by atoms with van der Waals surface area (Å²) in [5.74, 6) is 2.29. The van der Waals surface area contributed by atoms with Crippen LogP contribution in [0.3, 0.4) is 0 Å². The number of nitrogens with zero attached hydrogens (tertiary/aromatic N) is 4. The molecule has 6 nitrogen and oxygen atoms in total. The normalized spacial score (nSPS) is 13.8. The highest BCUT2D eigenvalue weighted by Gasteiger charge is 2.27. The van der Waals surface area contributed by atoms with Crippen molar-refractivity contribution in [1.29, 1.82) is 0 Å². The maximum absolute atomic E-state index is 13.2. The SMILES string of the molecule is CCCCN1CN(c2ccc(Oc3ccccc3)cc2)c2nc(C)c(CC)c(=O)n2C1. The van der Waals surface area contributed by atoms with Crippen LogP contribution >= 0.6 is 0 Å². The summed E-state index contributed by atoms with van der Waals surface area (Å²) in [6.45, 7) is 8.37. The first-order valence-electron chi connectivity index (χ1n) is 11.0. The number of rotatable bonds is 7. The Kier molecular flexibility index (Phi) is 6.37. The lowest BCUT2D eigenvalue weighted by molar-refractivity contribution is 0.195. The number of hydrogen-bond donors (Lipinski definition) is 0. The van der Waals surface area contributed by atoms with Gasteiger partial charge in [-0.05, 0) is 56.2 Å². The second kappa shape index (κ2) is 9.35. The highest BCUT2D eigenvalue weighted by molar-refractivity contribution is 5.59. The van der Waals surface area contributed by atoms with E-state index in [2.05, 4.69) is 16.7 Å². The van der Waals surface area contributed by atoms with Gasteiger partial charge in [-0.3, -0.25) is 19.2 Å². The van der Waals surface area contributed by atoms with E-state index in [0.717, 1.165) is 47.8 Å². The fourth-order valence-electron chi connectivity index (χ4n) is 3.97. The molecule has 2 aromatic carbocycles. The van der Waals surface area contributed by atoms with Crippen LogP contribution in [0.4, 0.5) is 11.6 Å². The molecule has 0 atom stereocenters. The lowest BCUT2D eigenvalue weighted by Gasteiger charge is -2.38. The number of anilines is 2. The molecule has 0 N–H and O–H groups in total. The van der Waals surface area contributed by atoms with Crippen molar-refractivity contribution < 1.29 is 4.74 Å². The van der Waals surface area contributed by atoms with Gasteiger partial charge in [0.2, 0.25) is 5.95 Å². The van der Waals surface area contributed by atoms with Crippen molar-refractivity contribution in [3.8, 4) is 11.5 Å². The van der Waals surface area contributed by atoms with Gasteiger partial charge in [-0.15, -0.1) is 0 Å². The predicted octanol–water partition coefficient (Wildman–Crippen LogP) is 5.08. The van der Waals surface area contributed by atoms with E-state index in [1.165, 1.54) is 0 Å². The zero-order chi connectivity index (χ0) is 21.8. The third-order valence-corrected chi connectivity index (χ3v) is 5.68. The molecule has 162 valence electrons. The van der Waals surface area contributed by atoms with Crippen molar-refractivity contribution in [2.24, 2.45) is 0 Å². The summed E-state index contributed by atoms with van der Waals surface area (Å²) in [5.41, 5.74) is 2.67. The Labute approximate surface area is 183 Å². The molecular weight excluding hydrogens is 388 g/mol. The van der Waals surface area contributed by atoms with Gasteiger partial charge in [-0.2, -0.15) is 0 Å². The first-order chi connectivity index (χ1) is 15.1. The number of ether oxygens (including phenoxy) is 1. The Morgan fingerprint density at radius 1 is 0.968 bits per heavy atom. The Morgan fingerprint density at radius 2 is 1.68 bits per heavy atom. The fraction of sp³-hybridized carbons (Fsp3) is 0.360. The molecule has 0 fully saturated rings. The molecule has 0 saturated heterocycles. The lowest BCUT2D eigenvalue weighted by atomic mass is 10.2. The second-order valence-electron chi connectivity index (χ2n) is 7.93. The molecule has 1 aliphatic rings. The zero-order valence-electron chi connectivity index (χ0n) is 18.5. The lowest BCUT2D eigenvalue weighted by Crippen LogP contribution is -2.48. The van der Waals surface area contributed by atoms with Crippen molar-refractivity contribution in [3.05, 3.63) is 76.2 Å². The van der Waals surface area contributed by atoms with Gasteiger partial charge >= 0.3 is 0 Å². The zero-order valence-corrected chi connectivity index (χ0v) is 18.5. The Bertz CT molecular complexity index is 1080. The first kappa shape index (κ1) is 21.1. The van der Waals surface area contributed by atoms with Gasteiger partial charge in [0.25, 0.3) is 5.56 Å². The number of para-hydroxylation sites is 1. The summed E-state index contributed by atoms with van der Waals surface area (Å²) in [7, 11) is 0. The summed E-state index contributed by atoms with van der Waals surface area (Å²) >= 11 is 0. The van der Waals surface area contributed by atoms with Crippen LogP contribution in [0.1, 0.15) is 37.9 Å². The number of aryl methyl sites for hydroxylation is 1. The molecule has 0 aliphatic carbocycles. The smallest absolute Gasteiger partial charge is 0.259 e. The first-order valence-corrected chi connectivity index (χ1v) is 11.0. The van der Waals surface area contributed by atoms with Crippen LogP contribution in [0.5, 0.6) is 11.5 Å². The molecule has 0 saturated carbocycles. The fourth-order valence-corrected chi connectivity index (χ4v) is 3.97. The van der Waals surface area contributed by atoms with Crippen molar-refractivity contribution in [3.63, 3.8) is 0 Å². The topological polar surface area (TPSA) is 50.6 Å². The van der Waals surface area contributed by atoms with E-state index in [1.54, 1.807) is 0 Å². The molecule has 1 aliphatic heterocycles. The van der Waals surface area contributed by atoms with Gasteiger partial charge in [-0.1, -0.05) is 38.5 Å². The molecule has 4 rings (SSSR count). The van der Waals surface area contributed by atoms with Crippen LogP contribution in [-0.2, 0) is 13.1 Å². The summed E-state index contributed by atoms with van der Waals surface area (Å²) in [6.07, 6.45) is 2.91. The van der Waals surface area contributed by atoms with Gasteiger partial charge in [0, 0.05) is 23.5 Å². The average Bonchev–Trinajstić information content (AvgIpc) is 2.79. The maximum Gasteiger partial charge on any atom is 0.259 e. The van der Waals surface area contributed by atoms with Gasteiger partial charge < -0.3 is 4.74 Å². The van der Waals surface area contributed by atoms with E-state index in [-0.39, 0.29) is 5.56 Å². The third-order valence-electron chi connectivity index (χ3n) is 5.68. The quantitative estimate of drug-likeness (QED) is 0.536. The van der Waals surface area contributed by atoms with Gasteiger partial charge in [-0.25, -0.2) is 4.98 Å². The van der Waals surface area contributed by atoms with Crippen molar-refractivity contribution >= 4 is 11.6 Å². The van der Waals surface area contributed by atoms with Gasteiger partial charge in [0.1, 0.15) is 11.5 Å². The van der Waals surface area contributed by atoms with Crippen LogP contribution < -0.4 is 15.2 Å². The Balaban J connectivity index is 1.67. The van der Waals surface area contributed by atoms with Crippen molar-refractivity contribution in [2.45, 2.75) is 46.7 Å².